The van der Waals surface area contributed by atoms with Crippen molar-refractivity contribution >= 4 is 0 Å². The number of hydrogen-bond donors (Lipinski definition) is 0. The van der Waals surface area contributed by atoms with E-state index in [4.69, 9.17) is 9.47 Å². The Balaban J connectivity index is 1.99. The van der Waals surface area contributed by atoms with Crippen LogP contribution in [0.5, 0.6) is 0 Å². The Hall–Kier alpha value is -0.340. The molecule has 2 nitrogen and oxygen atoms in total. The van der Waals surface area contributed by atoms with Gasteiger partial charge in [-0.25, -0.2) is 0 Å². The van der Waals surface area contributed by atoms with Gasteiger partial charge in [0.1, 0.15) is 0 Å². The fraction of sp³-hybridized carbons (Fsp3) is 0.846. The highest BCUT2D eigenvalue weighted by Crippen LogP contribution is 2.34. The average molecular weight is 210 g/mol. The average Bonchev–Trinajstić information content (AvgIpc) is 2.16. The van der Waals surface area contributed by atoms with Gasteiger partial charge in [-0.05, 0) is 40.0 Å². The molecule has 2 aliphatic rings. The quantitative estimate of drug-likeness (QED) is 0.618. The first-order valence-electron chi connectivity index (χ1n) is 6.05. The first-order chi connectivity index (χ1) is 7.07. The Kier molecular flexibility index (Phi) is 3.17. The molecule has 0 radical (unpaired) electrons. The van der Waals surface area contributed by atoms with E-state index in [9.17, 15) is 0 Å². The van der Waals surface area contributed by atoms with Crippen LogP contribution in [0.25, 0.3) is 0 Å². The summed E-state index contributed by atoms with van der Waals surface area (Å²) in [5.74, 6) is 0.553. The Morgan fingerprint density at radius 2 is 2.07 bits per heavy atom. The van der Waals surface area contributed by atoms with Gasteiger partial charge in [-0.1, -0.05) is 12.2 Å². The second-order valence-electron chi connectivity index (χ2n) is 5.44. The van der Waals surface area contributed by atoms with Crippen LogP contribution < -0.4 is 0 Å². The molecule has 0 unspecified atom stereocenters. The molecular formula is C13H22O2. The smallest absolute Gasteiger partial charge is 0.161 e. The van der Waals surface area contributed by atoms with Gasteiger partial charge >= 0.3 is 0 Å². The molecule has 0 aromatic rings. The van der Waals surface area contributed by atoms with Crippen molar-refractivity contribution in [3.8, 4) is 0 Å². The van der Waals surface area contributed by atoms with Gasteiger partial charge in [-0.15, -0.1) is 0 Å². The van der Waals surface area contributed by atoms with Crippen molar-refractivity contribution in [1.29, 1.82) is 0 Å². The summed E-state index contributed by atoms with van der Waals surface area (Å²) in [4.78, 5) is 0. The van der Waals surface area contributed by atoms with Crippen LogP contribution in [0, 0.1) is 5.92 Å². The second kappa shape index (κ2) is 4.26. The van der Waals surface area contributed by atoms with E-state index < -0.39 is 0 Å². The Morgan fingerprint density at radius 1 is 1.27 bits per heavy atom. The fourth-order valence-electron chi connectivity index (χ4n) is 2.63. The Labute approximate surface area is 92.6 Å². The van der Waals surface area contributed by atoms with Crippen LogP contribution >= 0.6 is 0 Å². The van der Waals surface area contributed by atoms with E-state index in [0.29, 0.717) is 12.0 Å². The molecule has 3 atom stereocenters. The summed E-state index contributed by atoms with van der Waals surface area (Å²) in [6, 6.07) is 0. The van der Waals surface area contributed by atoms with Crippen LogP contribution in [0.1, 0.15) is 46.5 Å². The first-order valence-corrected chi connectivity index (χ1v) is 6.05. The van der Waals surface area contributed by atoms with E-state index in [1.807, 2.05) is 0 Å². The molecule has 1 saturated heterocycles. The molecular weight excluding hydrogens is 188 g/mol. The highest BCUT2D eigenvalue weighted by Gasteiger charge is 2.37. The van der Waals surface area contributed by atoms with E-state index >= 15 is 0 Å². The molecule has 2 rings (SSSR count). The molecule has 0 saturated carbocycles. The molecule has 0 spiro atoms. The third kappa shape index (κ3) is 2.82. The van der Waals surface area contributed by atoms with E-state index in [1.54, 1.807) is 0 Å². The minimum atomic E-state index is -0.0243. The second-order valence-corrected chi connectivity index (χ2v) is 5.44. The van der Waals surface area contributed by atoms with Gasteiger partial charge in [-0.2, -0.15) is 0 Å². The Morgan fingerprint density at radius 3 is 2.67 bits per heavy atom. The molecule has 0 N–H and O–H groups in total. The minimum absolute atomic E-state index is 0.00806. The molecule has 2 heteroatoms. The van der Waals surface area contributed by atoms with Crippen LogP contribution in [-0.4, -0.2) is 18.0 Å². The maximum atomic E-state index is 6.03. The number of rotatable bonds is 1. The van der Waals surface area contributed by atoms with Crippen LogP contribution in [0.3, 0.4) is 0 Å². The van der Waals surface area contributed by atoms with Crippen molar-refractivity contribution in [2.45, 2.75) is 64.4 Å². The molecule has 86 valence electrons. The van der Waals surface area contributed by atoms with Crippen LogP contribution in [0.15, 0.2) is 12.2 Å². The molecule has 1 heterocycles. The third-order valence-corrected chi connectivity index (χ3v) is 3.28. The van der Waals surface area contributed by atoms with Gasteiger partial charge in [0.2, 0.25) is 0 Å². The van der Waals surface area contributed by atoms with Gasteiger partial charge in [0.25, 0.3) is 0 Å². The highest BCUT2D eigenvalue weighted by molar-refractivity contribution is 4.92. The van der Waals surface area contributed by atoms with Gasteiger partial charge in [0.15, 0.2) is 6.29 Å². The standard InChI is InChI=1S/C13H22O2/c1-10-9-13(2,3)15-12(14-10)11-7-5-4-6-8-11/h4-5,10-12H,6-9H2,1-3H3/t10-,11-,12+/m0/s1. The van der Waals surface area contributed by atoms with E-state index in [-0.39, 0.29) is 11.9 Å². The molecule has 0 aromatic heterocycles. The van der Waals surface area contributed by atoms with E-state index in [1.165, 1.54) is 12.8 Å². The fourth-order valence-corrected chi connectivity index (χ4v) is 2.63. The largest absolute Gasteiger partial charge is 0.349 e. The summed E-state index contributed by atoms with van der Waals surface area (Å²) in [6.07, 6.45) is 9.31. The number of ether oxygens (including phenoxy) is 2. The summed E-state index contributed by atoms with van der Waals surface area (Å²) >= 11 is 0. The summed E-state index contributed by atoms with van der Waals surface area (Å²) in [6.45, 7) is 6.48. The van der Waals surface area contributed by atoms with Crippen molar-refractivity contribution in [2.75, 3.05) is 0 Å². The predicted octanol–water partition coefficient (Wildman–Crippen LogP) is 3.27. The van der Waals surface area contributed by atoms with Crippen LogP contribution in [0.2, 0.25) is 0 Å². The molecule has 1 aliphatic heterocycles. The van der Waals surface area contributed by atoms with Crippen LogP contribution in [0.4, 0.5) is 0 Å². The van der Waals surface area contributed by atoms with Crippen molar-refractivity contribution in [2.24, 2.45) is 5.92 Å². The molecule has 1 aliphatic carbocycles. The topological polar surface area (TPSA) is 18.5 Å². The summed E-state index contributed by atoms with van der Waals surface area (Å²) in [5.41, 5.74) is -0.0243. The number of hydrogen-bond acceptors (Lipinski definition) is 2. The zero-order valence-corrected chi connectivity index (χ0v) is 10.0. The van der Waals surface area contributed by atoms with Crippen LogP contribution in [-0.2, 0) is 9.47 Å². The zero-order chi connectivity index (χ0) is 10.9. The molecule has 0 amide bonds. The number of allylic oxidation sites excluding steroid dienone is 2. The maximum Gasteiger partial charge on any atom is 0.161 e. The van der Waals surface area contributed by atoms with Gasteiger partial charge in [0, 0.05) is 12.3 Å². The lowest BCUT2D eigenvalue weighted by Gasteiger charge is -2.42. The van der Waals surface area contributed by atoms with Gasteiger partial charge in [-0.3, -0.25) is 0 Å². The van der Waals surface area contributed by atoms with Crippen molar-refractivity contribution in [3.63, 3.8) is 0 Å². The lowest BCUT2D eigenvalue weighted by molar-refractivity contribution is -0.287. The molecule has 15 heavy (non-hydrogen) atoms. The summed E-state index contributed by atoms with van der Waals surface area (Å²) in [5, 5.41) is 0. The van der Waals surface area contributed by atoms with Crippen molar-refractivity contribution < 1.29 is 9.47 Å². The predicted molar refractivity (Wildman–Crippen MR) is 60.6 cm³/mol. The normalized spacial score (nSPS) is 40.3. The highest BCUT2D eigenvalue weighted by atomic mass is 16.7. The van der Waals surface area contributed by atoms with Crippen molar-refractivity contribution in [3.05, 3.63) is 12.2 Å². The monoisotopic (exact) mass is 210 g/mol. The minimum Gasteiger partial charge on any atom is -0.349 e. The molecule has 0 aromatic carbocycles. The molecule has 0 bridgehead atoms. The lowest BCUT2D eigenvalue weighted by atomic mass is 9.91. The molecule has 1 fully saturated rings. The van der Waals surface area contributed by atoms with E-state index in [2.05, 4.69) is 32.9 Å². The van der Waals surface area contributed by atoms with Gasteiger partial charge in [0.05, 0.1) is 11.7 Å². The van der Waals surface area contributed by atoms with Crippen molar-refractivity contribution in [1.82, 2.24) is 0 Å². The van der Waals surface area contributed by atoms with Gasteiger partial charge < -0.3 is 9.47 Å². The maximum absolute atomic E-state index is 6.03. The van der Waals surface area contributed by atoms with E-state index in [0.717, 1.165) is 12.8 Å². The SMILES string of the molecule is C[C@H]1CC(C)(C)O[C@H]([C@H]2CC=CCC2)O1. The third-order valence-electron chi connectivity index (χ3n) is 3.28. The first kappa shape index (κ1) is 11.2. The Bertz CT molecular complexity index is 245. The zero-order valence-electron chi connectivity index (χ0n) is 10.0. The summed E-state index contributed by atoms with van der Waals surface area (Å²) < 4.78 is 11.9. The summed E-state index contributed by atoms with van der Waals surface area (Å²) in [7, 11) is 0. The lowest BCUT2D eigenvalue weighted by Crippen LogP contribution is -2.46.